The summed E-state index contributed by atoms with van der Waals surface area (Å²) in [7, 11) is 0. The third-order valence-electron chi connectivity index (χ3n) is 1.71. The predicted molar refractivity (Wildman–Crippen MR) is 49.8 cm³/mol. The summed E-state index contributed by atoms with van der Waals surface area (Å²) in [5.74, 6) is -1.36. The topological polar surface area (TPSA) is 63.9 Å². The second-order valence-corrected chi connectivity index (χ2v) is 2.86. The van der Waals surface area contributed by atoms with Crippen LogP contribution in [0.25, 0.3) is 5.57 Å². The largest absolute Gasteiger partial charge is 0.545 e. The van der Waals surface area contributed by atoms with E-state index in [2.05, 4.69) is 0 Å². The number of nitrogens with zero attached hydrogens (tertiary/aromatic N) is 1. The lowest BCUT2D eigenvalue weighted by atomic mass is 10.0. The zero-order valence-corrected chi connectivity index (χ0v) is 7.65. The van der Waals surface area contributed by atoms with Gasteiger partial charge >= 0.3 is 0 Å². The first-order chi connectivity index (χ1) is 6.63. The molecule has 0 fully saturated rings. The van der Waals surface area contributed by atoms with Crippen LogP contribution in [0.5, 0.6) is 0 Å². The quantitative estimate of drug-likeness (QED) is 0.503. The highest BCUT2D eigenvalue weighted by atomic mass is 16.4. The highest BCUT2D eigenvalue weighted by molar-refractivity contribution is 5.93. The smallest absolute Gasteiger partial charge is 0.0998 e. The minimum Gasteiger partial charge on any atom is -0.545 e. The van der Waals surface area contributed by atoms with Gasteiger partial charge in [0.05, 0.1) is 17.6 Å². The number of rotatable bonds is 2. The highest BCUT2D eigenvalue weighted by Gasteiger charge is 1.99. The van der Waals surface area contributed by atoms with Crippen molar-refractivity contribution in [2.24, 2.45) is 0 Å². The van der Waals surface area contributed by atoms with Gasteiger partial charge in [0.2, 0.25) is 0 Å². The van der Waals surface area contributed by atoms with Gasteiger partial charge in [-0.3, -0.25) is 0 Å². The molecule has 0 aliphatic rings. The summed E-state index contributed by atoms with van der Waals surface area (Å²) in [6.45, 7) is 1.87. The van der Waals surface area contributed by atoms with Crippen LogP contribution < -0.4 is 5.11 Å². The minimum atomic E-state index is -1.36. The Hall–Kier alpha value is -2.08. The van der Waals surface area contributed by atoms with Crippen LogP contribution in [0.3, 0.4) is 0 Å². The molecule has 70 valence electrons. The third kappa shape index (κ3) is 2.46. The van der Waals surface area contributed by atoms with E-state index < -0.39 is 5.97 Å². The Kier molecular flexibility index (Phi) is 3.03. The first-order valence-electron chi connectivity index (χ1n) is 4.03. The summed E-state index contributed by atoms with van der Waals surface area (Å²) >= 11 is 0. The number of aryl methyl sites for hydroxylation is 1. The second-order valence-electron chi connectivity index (χ2n) is 2.86. The van der Waals surface area contributed by atoms with Crippen molar-refractivity contribution in [1.29, 1.82) is 5.26 Å². The first kappa shape index (κ1) is 10.0. The van der Waals surface area contributed by atoms with Gasteiger partial charge < -0.3 is 9.90 Å². The Balaban J connectivity index is 3.15. The van der Waals surface area contributed by atoms with Crippen LogP contribution >= 0.6 is 0 Å². The maximum atomic E-state index is 10.3. The normalized spacial score (nSPS) is 10.7. The monoisotopic (exact) mass is 186 g/mol. The maximum absolute atomic E-state index is 10.3. The van der Waals surface area contributed by atoms with Gasteiger partial charge in [0.1, 0.15) is 0 Å². The number of hydrogen-bond acceptors (Lipinski definition) is 3. The summed E-state index contributed by atoms with van der Waals surface area (Å²) in [5.41, 5.74) is 1.67. The van der Waals surface area contributed by atoms with E-state index in [9.17, 15) is 9.90 Å². The standard InChI is InChI=1S/C11H9NO2/c1-8-3-2-4-9(5-8)10(7-12)6-11(13)14/h2-6H,1H3,(H,13,14)/p-1/b10-6+. The molecule has 3 nitrogen and oxygen atoms in total. The molecule has 1 aromatic carbocycles. The van der Waals surface area contributed by atoms with Gasteiger partial charge in [-0.25, -0.2) is 0 Å². The van der Waals surface area contributed by atoms with Crippen LogP contribution in [0.15, 0.2) is 30.3 Å². The number of benzene rings is 1. The van der Waals surface area contributed by atoms with E-state index in [0.717, 1.165) is 11.6 Å². The fraction of sp³-hybridized carbons (Fsp3) is 0.0909. The first-order valence-corrected chi connectivity index (χ1v) is 4.03. The molecule has 0 spiro atoms. The lowest BCUT2D eigenvalue weighted by Crippen LogP contribution is -2.19. The summed E-state index contributed by atoms with van der Waals surface area (Å²) in [6, 6.07) is 8.89. The van der Waals surface area contributed by atoms with Gasteiger partial charge in [-0.2, -0.15) is 5.26 Å². The van der Waals surface area contributed by atoms with Gasteiger partial charge in [0.25, 0.3) is 0 Å². The molecule has 0 heterocycles. The van der Waals surface area contributed by atoms with E-state index >= 15 is 0 Å². The molecule has 0 saturated carbocycles. The fourth-order valence-corrected chi connectivity index (χ4v) is 1.11. The molecular weight excluding hydrogens is 178 g/mol. The number of allylic oxidation sites excluding steroid dienone is 1. The van der Waals surface area contributed by atoms with Crippen LogP contribution in [0.4, 0.5) is 0 Å². The summed E-state index contributed by atoms with van der Waals surface area (Å²) < 4.78 is 0. The number of carboxylic acids is 1. The molecule has 3 heteroatoms. The summed E-state index contributed by atoms with van der Waals surface area (Å²) in [6.07, 6.45) is 0.800. The number of carbonyl (C=O) groups excluding carboxylic acids is 1. The van der Waals surface area contributed by atoms with Gasteiger partial charge in [-0.05, 0) is 18.6 Å². The van der Waals surface area contributed by atoms with Crippen LogP contribution in [0, 0.1) is 18.3 Å². The van der Waals surface area contributed by atoms with Crippen LogP contribution in [0.2, 0.25) is 0 Å². The highest BCUT2D eigenvalue weighted by Crippen LogP contribution is 2.14. The third-order valence-corrected chi connectivity index (χ3v) is 1.71. The number of hydrogen-bond donors (Lipinski definition) is 0. The van der Waals surface area contributed by atoms with Gasteiger partial charge in [-0.1, -0.05) is 29.8 Å². The predicted octanol–water partition coefficient (Wildman–Crippen LogP) is 0.652. The lowest BCUT2D eigenvalue weighted by molar-refractivity contribution is -0.297. The van der Waals surface area contributed by atoms with Gasteiger partial charge in [0.15, 0.2) is 0 Å². The van der Waals surface area contributed by atoms with Crippen LogP contribution in [-0.4, -0.2) is 5.97 Å². The second kappa shape index (κ2) is 4.24. The average Bonchev–Trinajstić information content (AvgIpc) is 2.14. The average molecular weight is 186 g/mol. The SMILES string of the molecule is Cc1cccc(/C(C#N)=C/C(=O)[O-])c1. The molecule has 0 amide bonds. The minimum absolute atomic E-state index is 0.105. The molecule has 0 aliphatic heterocycles. The number of nitriles is 1. The Morgan fingerprint density at radius 3 is 2.79 bits per heavy atom. The molecule has 0 radical (unpaired) electrons. The molecule has 0 N–H and O–H groups in total. The molecule has 0 atom stereocenters. The van der Waals surface area contributed by atoms with Crippen molar-refractivity contribution in [2.75, 3.05) is 0 Å². The Labute approximate surface area is 81.9 Å². The van der Waals surface area contributed by atoms with Gasteiger partial charge in [0, 0.05) is 0 Å². The molecular formula is C11H8NO2-. The summed E-state index contributed by atoms with van der Waals surface area (Å²) in [4.78, 5) is 10.3. The van der Waals surface area contributed by atoms with Crippen molar-refractivity contribution < 1.29 is 9.90 Å². The van der Waals surface area contributed by atoms with Crippen molar-refractivity contribution in [3.05, 3.63) is 41.5 Å². The summed E-state index contributed by atoms with van der Waals surface area (Å²) in [5, 5.41) is 19.0. The Morgan fingerprint density at radius 2 is 2.29 bits per heavy atom. The fourth-order valence-electron chi connectivity index (χ4n) is 1.11. The molecule has 0 aliphatic carbocycles. The molecule has 14 heavy (non-hydrogen) atoms. The van der Waals surface area contributed by atoms with E-state index in [1.54, 1.807) is 18.2 Å². The molecule has 1 rings (SSSR count). The van der Waals surface area contributed by atoms with E-state index in [0.29, 0.717) is 5.56 Å². The van der Waals surface area contributed by atoms with Crippen molar-refractivity contribution in [3.63, 3.8) is 0 Å². The lowest BCUT2D eigenvalue weighted by Gasteiger charge is -2.00. The van der Waals surface area contributed by atoms with E-state index in [1.807, 2.05) is 19.1 Å². The molecule has 0 unspecified atom stereocenters. The van der Waals surface area contributed by atoms with Crippen molar-refractivity contribution >= 4 is 11.5 Å². The van der Waals surface area contributed by atoms with Gasteiger partial charge in [-0.15, -0.1) is 0 Å². The van der Waals surface area contributed by atoms with E-state index in [4.69, 9.17) is 5.26 Å². The molecule has 1 aromatic rings. The zero-order valence-electron chi connectivity index (χ0n) is 7.65. The van der Waals surface area contributed by atoms with Crippen LogP contribution in [0.1, 0.15) is 11.1 Å². The number of carboxylic acid groups (broad SMARTS) is 1. The Morgan fingerprint density at radius 1 is 1.57 bits per heavy atom. The van der Waals surface area contributed by atoms with Crippen molar-refractivity contribution in [2.45, 2.75) is 6.92 Å². The number of aliphatic carboxylic acids is 1. The van der Waals surface area contributed by atoms with Crippen molar-refractivity contribution in [1.82, 2.24) is 0 Å². The molecule has 0 bridgehead atoms. The maximum Gasteiger partial charge on any atom is 0.0998 e. The van der Waals surface area contributed by atoms with E-state index in [1.165, 1.54) is 0 Å². The van der Waals surface area contributed by atoms with E-state index in [-0.39, 0.29) is 5.57 Å². The molecule has 0 aromatic heterocycles. The van der Waals surface area contributed by atoms with Crippen molar-refractivity contribution in [3.8, 4) is 6.07 Å². The molecule has 0 saturated heterocycles. The van der Waals surface area contributed by atoms with Crippen LogP contribution in [-0.2, 0) is 4.79 Å². The number of carbonyl (C=O) groups is 1. The Bertz CT molecular complexity index is 427. The zero-order chi connectivity index (χ0) is 10.6.